The van der Waals surface area contributed by atoms with E-state index in [1.54, 1.807) is 18.2 Å². The largest absolute Gasteiger partial charge is 0.487 e. The van der Waals surface area contributed by atoms with Crippen LogP contribution in [0.25, 0.3) is 0 Å². The topological polar surface area (TPSA) is 231 Å². The summed E-state index contributed by atoms with van der Waals surface area (Å²) in [4.78, 5) is 60.7. The van der Waals surface area contributed by atoms with Gasteiger partial charge in [0.2, 0.25) is 5.91 Å². The van der Waals surface area contributed by atoms with Crippen molar-refractivity contribution in [2.24, 2.45) is 5.92 Å². The summed E-state index contributed by atoms with van der Waals surface area (Å²) < 4.78 is 27.8. The van der Waals surface area contributed by atoms with Crippen molar-refractivity contribution in [2.75, 3.05) is 66.8 Å². The van der Waals surface area contributed by atoms with E-state index in [0.717, 1.165) is 10.5 Å². The summed E-state index contributed by atoms with van der Waals surface area (Å²) in [7, 11) is 3.07. The van der Waals surface area contributed by atoms with Gasteiger partial charge >= 0.3 is 12.1 Å². The number of nitrogens with one attached hydrogen (secondary N) is 1. The molecular weight excluding hydrogens is 662 g/mol. The van der Waals surface area contributed by atoms with E-state index < -0.39 is 54.2 Å². The lowest BCUT2D eigenvalue weighted by Crippen LogP contribution is -2.57. The Morgan fingerprint density at radius 3 is 2.18 bits per heavy atom. The maximum atomic E-state index is 12.1. The molecule has 1 heterocycles. The first kappa shape index (κ1) is 40.3. The summed E-state index contributed by atoms with van der Waals surface area (Å²) in [6, 6.07) is 5.18. The normalized spacial score (nSPS) is 21.7. The van der Waals surface area contributed by atoms with Crippen molar-refractivity contribution in [3.05, 3.63) is 41.5 Å². The van der Waals surface area contributed by atoms with Crippen LogP contribution >= 0.6 is 0 Å². The van der Waals surface area contributed by atoms with Crippen molar-refractivity contribution < 1.29 is 68.1 Å². The third-order valence-electron chi connectivity index (χ3n) is 7.95. The zero-order valence-corrected chi connectivity index (χ0v) is 28.2. The molecule has 2 aliphatic rings. The molecule has 0 aromatic heterocycles. The number of nitrogens with zero attached hydrogens (tertiary/aromatic N) is 2. The molecule has 0 bridgehead atoms. The van der Waals surface area contributed by atoms with Crippen molar-refractivity contribution in [3.63, 3.8) is 0 Å². The Morgan fingerprint density at radius 2 is 1.54 bits per heavy atom. The van der Waals surface area contributed by atoms with Gasteiger partial charge in [-0.2, -0.15) is 0 Å². The zero-order chi connectivity index (χ0) is 36.6. The van der Waals surface area contributed by atoms with Crippen molar-refractivity contribution >= 4 is 29.8 Å². The highest BCUT2D eigenvalue weighted by molar-refractivity contribution is 6.13. The Labute approximate surface area is 289 Å². The molecule has 1 aromatic carbocycles. The number of aliphatic hydroxyl groups excluding tert-OH is 3. The fourth-order valence-electron chi connectivity index (χ4n) is 5.14. The van der Waals surface area contributed by atoms with Gasteiger partial charge in [0.05, 0.1) is 45.1 Å². The minimum absolute atomic E-state index is 0.0161. The Balaban J connectivity index is 1.31. The lowest BCUT2D eigenvalue weighted by molar-refractivity contribution is -0.174. The zero-order valence-electron chi connectivity index (χ0n) is 28.2. The first-order chi connectivity index (χ1) is 23.9. The van der Waals surface area contributed by atoms with Crippen LogP contribution in [0.2, 0.25) is 0 Å². The number of imide groups is 1. The Hall–Kier alpha value is -4.13. The van der Waals surface area contributed by atoms with E-state index in [9.17, 15) is 44.4 Å². The van der Waals surface area contributed by atoms with Gasteiger partial charge in [0.1, 0.15) is 30.7 Å². The molecule has 278 valence electrons. The van der Waals surface area contributed by atoms with Crippen LogP contribution in [-0.2, 0) is 51.2 Å². The molecule has 5 N–H and O–H groups in total. The Bertz CT molecular complexity index is 1320. The maximum Gasteiger partial charge on any atom is 0.409 e. The van der Waals surface area contributed by atoms with Gasteiger partial charge in [-0.3, -0.25) is 24.1 Å². The Kier molecular flexibility index (Phi) is 16.5. The monoisotopic (exact) mass is 709 g/mol. The van der Waals surface area contributed by atoms with Crippen LogP contribution in [0.5, 0.6) is 5.75 Å². The highest BCUT2D eigenvalue weighted by Crippen LogP contribution is 2.32. The molecule has 3 rings (SSSR count). The number of hydrogen-bond donors (Lipinski definition) is 5. The number of hydrogen-bond acceptors (Lipinski definition) is 13. The average molecular weight is 710 g/mol. The van der Waals surface area contributed by atoms with Crippen molar-refractivity contribution in [3.8, 4) is 5.75 Å². The molecule has 0 spiro atoms. The highest BCUT2D eigenvalue weighted by Gasteiger charge is 2.47. The predicted octanol–water partition coefficient (Wildman–Crippen LogP) is -0.767. The number of carbonyl (C=O) groups is 5. The summed E-state index contributed by atoms with van der Waals surface area (Å²) in [5.74, 6) is -3.56. The summed E-state index contributed by atoms with van der Waals surface area (Å²) in [6.07, 6.45) is -3.21. The standard InChI is InChI=1S/C33H47N3O14/c1-35(2)33(45)49-20-22-18-21(5-6-24(22)50-25-19-23(32(43)44)29(40)31(42)30(25)41)4-3-12-46-14-16-48-17-15-47-13-10-34-26(37)9-11-36-27(38)7-8-28(36)39/h5-8,18,23,25,29-31,40-42H,3-4,9-17,19-20H2,1-2H3,(H,34,37)(H,43,44)/t23-,25+,29+,30-,31-/m0/s1. The number of carboxylic acids is 1. The SMILES string of the molecule is CN(C)C(=O)OCc1cc(CCCOCCOCCOCCNC(=O)CCN2C(=O)C=CC2=O)ccc1O[C@@H]1C[C@H](C(=O)O)[C@@H](O)[C@H](O)[C@H]1O. The molecular formula is C33H47N3O14. The van der Waals surface area contributed by atoms with Gasteiger partial charge in [-0.15, -0.1) is 0 Å². The van der Waals surface area contributed by atoms with Gasteiger partial charge in [-0.1, -0.05) is 6.07 Å². The average Bonchev–Trinajstić information content (AvgIpc) is 3.41. The van der Waals surface area contributed by atoms with E-state index in [1.807, 2.05) is 0 Å². The van der Waals surface area contributed by atoms with E-state index in [4.69, 9.17) is 23.7 Å². The smallest absolute Gasteiger partial charge is 0.409 e. The van der Waals surface area contributed by atoms with Crippen molar-refractivity contribution in [1.82, 2.24) is 15.1 Å². The second-order valence-electron chi connectivity index (χ2n) is 11.9. The number of carbonyl (C=O) groups excluding carboxylic acids is 4. The molecule has 1 aliphatic heterocycles. The molecule has 0 radical (unpaired) electrons. The summed E-state index contributed by atoms with van der Waals surface area (Å²) in [5, 5.41) is 42.8. The number of aliphatic hydroxyl groups is 3. The molecule has 1 aliphatic carbocycles. The highest BCUT2D eigenvalue weighted by atomic mass is 16.6. The summed E-state index contributed by atoms with van der Waals surface area (Å²) in [5.41, 5.74) is 1.36. The maximum absolute atomic E-state index is 12.1. The number of ether oxygens (including phenoxy) is 5. The molecule has 1 aromatic rings. The predicted molar refractivity (Wildman–Crippen MR) is 173 cm³/mol. The van der Waals surface area contributed by atoms with Crippen LogP contribution < -0.4 is 10.1 Å². The first-order valence-corrected chi connectivity index (χ1v) is 16.3. The number of aryl methyl sites for hydroxylation is 1. The van der Waals surface area contributed by atoms with Gasteiger partial charge in [0, 0.05) is 64.3 Å². The molecule has 17 nitrogen and oxygen atoms in total. The van der Waals surface area contributed by atoms with Gasteiger partial charge < -0.3 is 54.3 Å². The molecule has 50 heavy (non-hydrogen) atoms. The quantitative estimate of drug-likeness (QED) is 0.0780. The van der Waals surface area contributed by atoms with Gasteiger partial charge in [-0.05, 0) is 30.5 Å². The molecule has 5 atom stereocenters. The summed E-state index contributed by atoms with van der Waals surface area (Å²) in [6.45, 7) is 2.27. The lowest BCUT2D eigenvalue weighted by atomic mass is 9.80. The van der Waals surface area contributed by atoms with Gasteiger partial charge in [0.15, 0.2) is 0 Å². The van der Waals surface area contributed by atoms with Crippen LogP contribution in [0.1, 0.15) is 30.4 Å². The van der Waals surface area contributed by atoms with E-state index in [2.05, 4.69) is 5.32 Å². The van der Waals surface area contributed by atoms with Crippen molar-refractivity contribution in [2.45, 2.75) is 56.7 Å². The number of carboxylic acid groups (broad SMARTS) is 1. The minimum atomic E-state index is -1.71. The second-order valence-corrected chi connectivity index (χ2v) is 11.9. The van der Waals surface area contributed by atoms with E-state index in [-0.39, 0.29) is 50.8 Å². The summed E-state index contributed by atoms with van der Waals surface area (Å²) >= 11 is 0. The van der Waals surface area contributed by atoms with E-state index in [0.29, 0.717) is 51.4 Å². The molecule has 0 unspecified atom stereocenters. The van der Waals surface area contributed by atoms with Crippen LogP contribution in [0.4, 0.5) is 4.79 Å². The molecule has 1 fully saturated rings. The Morgan fingerprint density at radius 1 is 0.900 bits per heavy atom. The van der Waals surface area contributed by atoms with Crippen LogP contribution in [0, 0.1) is 5.92 Å². The van der Waals surface area contributed by atoms with Crippen LogP contribution in [-0.4, -0.2) is 151 Å². The molecule has 0 saturated heterocycles. The second kappa shape index (κ2) is 20.5. The number of rotatable bonds is 21. The van der Waals surface area contributed by atoms with Crippen molar-refractivity contribution in [1.29, 1.82) is 0 Å². The number of benzene rings is 1. The van der Waals surface area contributed by atoms with E-state index in [1.165, 1.54) is 31.1 Å². The van der Waals surface area contributed by atoms with Crippen LogP contribution in [0.15, 0.2) is 30.4 Å². The fraction of sp³-hybridized carbons (Fsp3) is 0.606. The van der Waals surface area contributed by atoms with Gasteiger partial charge in [-0.25, -0.2) is 4.79 Å². The molecule has 4 amide bonds. The number of amides is 4. The van der Waals surface area contributed by atoms with Crippen LogP contribution in [0.3, 0.4) is 0 Å². The third-order valence-corrected chi connectivity index (χ3v) is 7.95. The van der Waals surface area contributed by atoms with Gasteiger partial charge in [0.25, 0.3) is 11.8 Å². The fourth-order valence-corrected chi connectivity index (χ4v) is 5.14. The lowest BCUT2D eigenvalue weighted by Gasteiger charge is -2.38. The first-order valence-electron chi connectivity index (χ1n) is 16.3. The number of aliphatic carboxylic acids is 1. The molecule has 1 saturated carbocycles. The molecule has 17 heteroatoms. The third kappa shape index (κ3) is 12.6. The minimum Gasteiger partial charge on any atom is -0.487 e. The van der Waals surface area contributed by atoms with E-state index >= 15 is 0 Å².